The fourth-order valence-corrected chi connectivity index (χ4v) is 0. The Balaban J connectivity index is 0. The van der Waals surface area contributed by atoms with Gasteiger partial charge in [-0.3, -0.25) is 0 Å². The maximum Gasteiger partial charge on any atom is 2.00 e. The zero-order valence-corrected chi connectivity index (χ0v) is 4.53. The van der Waals surface area contributed by atoms with Crippen molar-refractivity contribution in [2.75, 3.05) is 0 Å². The van der Waals surface area contributed by atoms with Crippen LogP contribution in [0.5, 0.6) is 0 Å². The Labute approximate surface area is 45.4 Å². The van der Waals surface area contributed by atoms with Crippen LogP contribution in [0.2, 0.25) is 0 Å². The van der Waals surface area contributed by atoms with Gasteiger partial charge in [-0.15, -0.1) is 0 Å². The van der Waals surface area contributed by atoms with Crippen LogP contribution in [0.3, 0.4) is 0 Å². The van der Waals surface area contributed by atoms with Crippen molar-refractivity contribution >= 4 is 34.0 Å². The summed E-state index contributed by atoms with van der Waals surface area (Å²) in [6, 6.07) is 0. The van der Waals surface area contributed by atoms with Crippen molar-refractivity contribution < 1.29 is 11.0 Å². The molecule has 0 fully saturated rings. The minimum Gasteiger partial charge on any atom is -2.00 e. The standard InChI is InChI=1S/Mg.H2O.O.Si/h;1H2;;/q+2;;-2;. The summed E-state index contributed by atoms with van der Waals surface area (Å²) in [5, 5.41) is 0. The molecule has 0 saturated carbocycles. The third kappa shape index (κ3) is 12.9. The monoisotopic (exact) mass is 86.0 g/mol. The minimum atomic E-state index is 0. The number of hydrogen-bond acceptors (Lipinski definition) is 0. The average molecular weight is 86.4 g/mol. The van der Waals surface area contributed by atoms with Crippen LogP contribution in [0, 0.1) is 0 Å². The molecule has 4 radical (unpaired) electrons. The van der Waals surface area contributed by atoms with Crippen LogP contribution in [-0.4, -0.2) is 39.5 Å². The molecule has 0 bridgehead atoms. The molecular weight excluding hydrogens is 84.4 g/mol. The molecule has 0 amide bonds. The first-order valence-electron chi connectivity index (χ1n) is 0. The van der Waals surface area contributed by atoms with Gasteiger partial charge in [-0.2, -0.15) is 0 Å². The van der Waals surface area contributed by atoms with Crippen LogP contribution >= 0.6 is 0 Å². The molecule has 0 atom stereocenters. The molecule has 0 unspecified atom stereocenters. The van der Waals surface area contributed by atoms with Crippen LogP contribution in [0.4, 0.5) is 0 Å². The summed E-state index contributed by atoms with van der Waals surface area (Å²) in [7, 11) is 0. The molecule has 0 aliphatic rings. The van der Waals surface area contributed by atoms with Crippen molar-refractivity contribution in [2.45, 2.75) is 0 Å². The van der Waals surface area contributed by atoms with Gasteiger partial charge in [0.25, 0.3) is 0 Å². The fraction of sp³-hybridized carbons (Fsp3) is 0. The summed E-state index contributed by atoms with van der Waals surface area (Å²) in [6.07, 6.45) is 0. The summed E-state index contributed by atoms with van der Waals surface area (Å²) in [5.41, 5.74) is 0. The summed E-state index contributed by atoms with van der Waals surface area (Å²) in [5.74, 6) is 0. The van der Waals surface area contributed by atoms with Gasteiger partial charge in [0.05, 0.1) is 0 Å². The first-order chi connectivity index (χ1) is 0. The van der Waals surface area contributed by atoms with Gasteiger partial charge in [-0.1, -0.05) is 0 Å². The first-order valence-corrected chi connectivity index (χ1v) is 0. The van der Waals surface area contributed by atoms with Crippen molar-refractivity contribution in [3.63, 3.8) is 0 Å². The normalized spacial score (nSPS) is 0. The second-order valence-corrected chi connectivity index (χ2v) is 0. The van der Waals surface area contributed by atoms with Gasteiger partial charge in [0.1, 0.15) is 0 Å². The van der Waals surface area contributed by atoms with Crippen molar-refractivity contribution in [3.8, 4) is 0 Å². The van der Waals surface area contributed by atoms with Crippen LogP contribution < -0.4 is 0 Å². The quantitative estimate of drug-likeness (QED) is 0.315. The van der Waals surface area contributed by atoms with Crippen LogP contribution in [0.25, 0.3) is 0 Å². The molecule has 2 nitrogen and oxygen atoms in total. The summed E-state index contributed by atoms with van der Waals surface area (Å²) in [6.45, 7) is 0. The molecule has 20 valence electrons. The van der Waals surface area contributed by atoms with Crippen molar-refractivity contribution in [1.29, 1.82) is 0 Å². The molecule has 0 aromatic carbocycles. The predicted octanol–water partition coefficient (Wildman–Crippen LogP) is -1.71. The molecule has 0 aliphatic heterocycles. The van der Waals surface area contributed by atoms with E-state index in [0.717, 1.165) is 0 Å². The maximum atomic E-state index is 0. The van der Waals surface area contributed by atoms with E-state index in [4.69, 9.17) is 0 Å². The Bertz CT molecular complexity index is 6.00. The molecule has 4 heavy (non-hydrogen) atoms. The smallest absolute Gasteiger partial charge is 2.00 e. The van der Waals surface area contributed by atoms with E-state index in [1.807, 2.05) is 0 Å². The van der Waals surface area contributed by atoms with Gasteiger partial charge in [-0.05, 0) is 0 Å². The van der Waals surface area contributed by atoms with Crippen molar-refractivity contribution in [3.05, 3.63) is 0 Å². The third-order valence-corrected chi connectivity index (χ3v) is 0. The summed E-state index contributed by atoms with van der Waals surface area (Å²) in [4.78, 5) is 0. The van der Waals surface area contributed by atoms with E-state index in [-0.39, 0.29) is 45.0 Å². The van der Waals surface area contributed by atoms with E-state index in [0.29, 0.717) is 0 Å². The van der Waals surface area contributed by atoms with E-state index in [1.54, 1.807) is 0 Å². The molecule has 0 spiro atoms. The Hall–Kier alpha value is 0.903. The van der Waals surface area contributed by atoms with Crippen molar-refractivity contribution in [1.82, 2.24) is 0 Å². The van der Waals surface area contributed by atoms with Gasteiger partial charge in [0.2, 0.25) is 0 Å². The minimum absolute atomic E-state index is 0. The topological polar surface area (TPSA) is 60.0 Å². The van der Waals surface area contributed by atoms with Gasteiger partial charge < -0.3 is 11.0 Å². The zero-order valence-electron chi connectivity index (χ0n) is 2.12. The largest absolute Gasteiger partial charge is 2.00 e. The second-order valence-electron chi connectivity index (χ2n) is 0. The van der Waals surface area contributed by atoms with E-state index in [2.05, 4.69) is 0 Å². The molecule has 4 heteroatoms. The number of hydrogen-bond donors (Lipinski definition) is 0. The van der Waals surface area contributed by atoms with E-state index in [1.165, 1.54) is 0 Å². The Kier molecular flexibility index (Phi) is 923. The van der Waals surface area contributed by atoms with E-state index >= 15 is 0 Å². The molecule has 0 rings (SSSR count). The molecular formula is H2MgO2Si. The van der Waals surface area contributed by atoms with Crippen molar-refractivity contribution in [2.24, 2.45) is 0 Å². The zero-order chi connectivity index (χ0) is 0. The van der Waals surface area contributed by atoms with Gasteiger partial charge >= 0.3 is 23.1 Å². The molecule has 0 heterocycles. The molecule has 0 aromatic heterocycles. The number of rotatable bonds is 0. The van der Waals surface area contributed by atoms with Gasteiger partial charge in [-0.25, -0.2) is 0 Å². The predicted molar refractivity (Wildman–Crippen MR) is 15.8 cm³/mol. The van der Waals surface area contributed by atoms with E-state index < -0.39 is 0 Å². The Morgan fingerprint density at radius 2 is 1.00 bits per heavy atom. The summed E-state index contributed by atoms with van der Waals surface area (Å²) >= 11 is 0. The fourth-order valence-electron chi connectivity index (χ4n) is 0. The summed E-state index contributed by atoms with van der Waals surface area (Å²) < 4.78 is 0. The third-order valence-electron chi connectivity index (χ3n) is 0. The average Bonchev–Trinajstić information content (AvgIpc) is 0. The molecule has 0 aromatic rings. The SMILES string of the molecule is O.[Mg+2].[O-2].[Si]. The Morgan fingerprint density at radius 3 is 1.00 bits per heavy atom. The maximum absolute atomic E-state index is 0. The second kappa shape index (κ2) is 40.3. The van der Waals surface area contributed by atoms with E-state index in [9.17, 15) is 0 Å². The molecule has 0 saturated heterocycles. The van der Waals surface area contributed by atoms with Crippen LogP contribution in [0.15, 0.2) is 0 Å². The van der Waals surface area contributed by atoms with Gasteiger partial charge in [0.15, 0.2) is 0 Å². The Morgan fingerprint density at radius 1 is 1.00 bits per heavy atom. The van der Waals surface area contributed by atoms with Crippen LogP contribution in [0.1, 0.15) is 0 Å². The van der Waals surface area contributed by atoms with Crippen LogP contribution in [-0.2, 0) is 5.48 Å². The van der Waals surface area contributed by atoms with Gasteiger partial charge in [0, 0.05) is 11.0 Å². The first kappa shape index (κ1) is 91.6. The molecule has 2 N–H and O–H groups in total. The molecule has 0 aliphatic carbocycles.